The number of rotatable bonds is 2. The van der Waals surface area contributed by atoms with Crippen molar-refractivity contribution < 1.29 is 22.7 Å². The summed E-state index contributed by atoms with van der Waals surface area (Å²) in [5.74, 6) is -0.510. The van der Waals surface area contributed by atoms with E-state index in [9.17, 15) is 18.0 Å². The Bertz CT molecular complexity index is 630. The van der Waals surface area contributed by atoms with Crippen molar-refractivity contribution in [2.45, 2.75) is 13.1 Å². The molecule has 0 aliphatic heterocycles. The second-order valence-corrected chi connectivity index (χ2v) is 4.12. The van der Waals surface area contributed by atoms with Crippen LogP contribution in [0.2, 0.25) is 0 Å². The Balaban J connectivity index is 2.37. The summed E-state index contributed by atoms with van der Waals surface area (Å²) in [5.41, 5.74) is 0.151. The number of hydrogen-bond donors (Lipinski definition) is 0. The molecule has 0 saturated carbocycles. The SMILES string of the molecule is COC(=O)c1ccc(-n2nc(C(F)(F)F)cc2C)cc1. The average Bonchev–Trinajstić information content (AvgIpc) is 2.80. The topological polar surface area (TPSA) is 44.1 Å². The number of alkyl halides is 3. The van der Waals surface area contributed by atoms with E-state index in [4.69, 9.17) is 0 Å². The van der Waals surface area contributed by atoms with E-state index < -0.39 is 17.8 Å². The van der Waals surface area contributed by atoms with Crippen LogP contribution >= 0.6 is 0 Å². The molecule has 0 amide bonds. The van der Waals surface area contributed by atoms with E-state index in [-0.39, 0.29) is 0 Å². The van der Waals surface area contributed by atoms with Crippen LogP contribution in [0.1, 0.15) is 21.7 Å². The molecule has 0 saturated heterocycles. The fraction of sp³-hybridized carbons (Fsp3) is 0.231. The normalized spacial score (nSPS) is 11.4. The average molecular weight is 284 g/mol. The highest BCUT2D eigenvalue weighted by atomic mass is 19.4. The molecule has 0 radical (unpaired) electrons. The van der Waals surface area contributed by atoms with Crippen LogP contribution in [-0.2, 0) is 10.9 Å². The van der Waals surface area contributed by atoms with Gasteiger partial charge in [-0.2, -0.15) is 18.3 Å². The van der Waals surface area contributed by atoms with Crippen LogP contribution in [0.15, 0.2) is 30.3 Å². The molecule has 1 heterocycles. The molecule has 0 unspecified atom stereocenters. The van der Waals surface area contributed by atoms with Gasteiger partial charge in [0.05, 0.1) is 18.4 Å². The molecule has 0 N–H and O–H groups in total. The summed E-state index contributed by atoms with van der Waals surface area (Å²) >= 11 is 0. The molecule has 0 aliphatic rings. The van der Waals surface area contributed by atoms with E-state index >= 15 is 0 Å². The van der Waals surface area contributed by atoms with Crippen LogP contribution in [0, 0.1) is 6.92 Å². The summed E-state index contributed by atoms with van der Waals surface area (Å²) in [6.45, 7) is 1.52. The van der Waals surface area contributed by atoms with Gasteiger partial charge < -0.3 is 4.74 Å². The third-order valence-corrected chi connectivity index (χ3v) is 2.71. The number of hydrogen-bond acceptors (Lipinski definition) is 3. The Morgan fingerprint density at radius 2 is 1.85 bits per heavy atom. The molecule has 0 aliphatic carbocycles. The zero-order valence-corrected chi connectivity index (χ0v) is 10.7. The largest absolute Gasteiger partial charge is 0.465 e. The summed E-state index contributed by atoms with van der Waals surface area (Å²) in [6.07, 6.45) is -4.48. The Kier molecular flexibility index (Phi) is 3.52. The molecule has 1 aromatic carbocycles. The molecule has 0 atom stereocenters. The molecule has 106 valence electrons. The van der Waals surface area contributed by atoms with E-state index in [0.29, 0.717) is 16.9 Å². The number of methoxy groups -OCH3 is 1. The minimum absolute atomic E-state index is 0.317. The molecule has 2 aromatic rings. The molecule has 4 nitrogen and oxygen atoms in total. The lowest BCUT2D eigenvalue weighted by Crippen LogP contribution is -2.07. The Morgan fingerprint density at radius 3 is 2.30 bits per heavy atom. The maximum Gasteiger partial charge on any atom is 0.435 e. The molecule has 1 aromatic heterocycles. The summed E-state index contributed by atoms with van der Waals surface area (Å²) in [7, 11) is 1.25. The van der Waals surface area contributed by atoms with Gasteiger partial charge in [0.25, 0.3) is 0 Å². The number of aryl methyl sites for hydroxylation is 1. The van der Waals surface area contributed by atoms with Crippen LogP contribution in [0.3, 0.4) is 0 Å². The third-order valence-electron chi connectivity index (χ3n) is 2.71. The first-order valence-corrected chi connectivity index (χ1v) is 5.65. The fourth-order valence-electron chi connectivity index (χ4n) is 1.73. The van der Waals surface area contributed by atoms with Crippen LogP contribution in [0.25, 0.3) is 5.69 Å². The first kappa shape index (κ1) is 14.1. The summed E-state index contributed by atoms with van der Waals surface area (Å²) in [4.78, 5) is 11.3. The van der Waals surface area contributed by atoms with E-state index in [0.717, 1.165) is 6.07 Å². The Hall–Kier alpha value is -2.31. The number of halogens is 3. The lowest BCUT2D eigenvalue weighted by atomic mass is 10.2. The van der Waals surface area contributed by atoms with Crippen molar-refractivity contribution in [3.8, 4) is 5.69 Å². The number of benzene rings is 1. The summed E-state index contributed by atoms with van der Waals surface area (Å²) < 4.78 is 43.4. The van der Waals surface area contributed by atoms with Gasteiger partial charge >= 0.3 is 12.1 Å². The lowest BCUT2D eigenvalue weighted by molar-refractivity contribution is -0.141. The first-order chi connectivity index (χ1) is 9.32. The summed E-state index contributed by atoms with van der Waals surface area (Å²) in [6, 6.07) is 6.91. The highest BCUT2D eigenvalue weighted by Gasteiger charge is 2.34. The Labute approximate surface area is 112 Å². The van der Waals surface area contributed by atoms with Crippen molar-refractivity contribution in [1.29, 1.82) is 0 Å². The number of carbonyl (C=O) groups is 1. The first-order valence-electron chi connectivity index (χ1n) is 5.65. The number of nitrogens with zero attached hydrogens (tertiary/aromatic N) is 2. The number of carbonyl (C=O) groups excluding carboxylic acids is 1. The second kappa shape index (κ2) is 4.99. The quantitative estimate of drug-likeness (QED) is 0.796. The van der Waals surface area contributed by atoms with Gasteiger partial charge in [-0.15, -0.1) is 0 Å². The molecular formula is C13H11F3N2O2. The highest BCUT2D eigenvalue weighted by Crippen LogP contribution is 2.29. The molecule has 2 rings (SSSR count). The van der Waals surface area contributed by atoms with Crippen molar-refractivity contribution in [3.63, 3.8) is 0 Å². The molecule has 0 spiro atoms. The van der Waals surface area contributed by atoms with Crippen molar-refractivity contribution in [2.75, 3.05) is 7.11 Å². The predicted octanol–water partition coefficient (Wildman–Crippen LogP) is 2.99. The zero-order valence-electron chi connectivity index (χ0n) is 10.7. The highest BCUT2D eigenvalue weighted by molar-refractivity contribution is 5.89. The van der Waals surface area contributed by atoms with Crippen LogP contribution in [0.4, 0.5) is 13.2 Å². The minimum atomic E-state index is -4.48. The minimum Gasteiger partial charge on any atom is -0.465 e. The summed E-state index contributed by atoms with van der Waals surface area (Å²) in [5, 5.41) is 3.52. The number of aromatic nitrogens is 2. The van der Waals surface area contributed by atoms with Gasteiger partial charge in [-0.25, -0.2) is 9.48 Å². The molecular weight excluding hydrogens is 273 g/mol. The second-order valence-electron chi connectivity index (χ2n) is 4.12. The van der Waals surface area contributed by atoms with Crippen molar-refractivity contribution in [3.05, 3.63) is 47.3 Å². The Morgan fingerprint density at radius 1 is 1.25 bits per heavy atom. The molecule has 0 fully saturated rings. The molecule has 20 heavy (non-hydrogen) atoms. The molecule has 7 heteroatoms. The zero-order chi connectivity index (χ0) is 14.9. The van der Waals surface area contributed by atoms with Crippen molar-refractivity contribution in [2.24, 2.45) is 0 Å². The smallest absolute Gasteiger partial charge is 0.435 e. The van der Waals surface area contributed by atoms with Gasteiger partial charge in [-0.05, 0) is 37.3 Å². The van der Waals surface area contributed by atoms with Gasteiger partial charge in [-0.1, -0.05) is 0 Å². The van der Waals surface area contributed by atoms with Gasteiger partial charge in [0.1, 0.15) is 0 Å². The van der Waals surface area contributed by atoms with E-state index in [1.165, 1.54) is 43.0 Å². The number of esters is 1. The van der Waals surface area contributed by atoms with Crippen molar-refractivity contribution in [1.82, 2.24) is 9.78 Å². The standard InChI is InChI=1S/C13H11F3N2O2/c1-8-7-11(13(14,15)16)17-18(8)10-5-3-9(4-6-10)12(19)20-2/h3-7H,1-2H3. The lowest BCUT2D eigenvalue weighted by Gasteiger charge is -2.05. The van der Waals surface area contributed by atoms with E-state index in [2.05, 4.69) is 9.84 Å². The third kappa shape index (κ3) is 2.66. The van der Waals surface area contributed by atoms with Crippen LogP contribution in [-0.4, -0.2) is 22.9 Å². The van der Waals surface area contributed by atoms with Crippen LogP contribution < -0.4 is 0 Å². The van der Waals surface area contributed by atoms with Gasteiger partial charge in [-0.3, -0.25) is 0 Å². The van der Waals surface area contributed by atoms with Crippen LogP contribution in [0.5, 0.6) is 0 Å². The van der Waals surface area contributed by atoms with E-state index in [1.54, 1.807) is 0 Å². The monoisotopic (exact) mass is 284 g/mol. The van der Waals surface area contributed by atoms with Crippen molar-refractivity contribution >= 4 is 5.97 Å². The predicted molar refractivity (Wildman–Crippen MR) is 64.6 cm³/mol. The maximum atomic E-state index is 12.6. The fourth-order valence-corrected chi connectivity index (χ4v) is 1.73. The van der Waals surface area contributed by atoms with Gasteiger partial charge in [0, 0.05) is 5.69 Å². The number of ether oxygens (including phenoxy) is 1. The molecule has 0 bridgehead atoms. The van der Waals surface area contributed by atoms with Gasteiger partial charge in [0.15, 0.2) is 5.69 Å². The maximum absolute atomic E-state index is 12.6. The van der Waals surface area contributed by atoms with Gasteiger partial charge in [0.2, 0.25) is 0 Å². The van der Waals surface area contributed by atoms with E-state index in [1.807, 2.05) is 0 Å².